The Morgan fingerprint density at radius 2 is 2.38 bits per heavy atom. The molecule has 1 heterocycles. The van der Waals surface area contributed by atoms with Crippen LogP contribution >= 0.6 is 0 Å². The van der Waals surface area contributed by atoms with Crippen molar-refractivity contribution in [1.82, 2.24) is 0 Å². The van der Waals surface area contributed by atoms with Crippen LogP contribution in [0, 0.1) is 0 Å². The van der Waals surface area contributed by atoms with E-state index in [1.165, 1.54) is 5.71 Å². The minimum absolute atomic E-state index is 0.356. The topological polar surface area (TPSA) is 15.4 Å². The summed E-state index contributed by atoms with van der Waals surface area (Å²) >= 11 is 0. The van der Waals surface area contributed by atoms with Crippen LogP contribution in [0.4, 0.5) is 0 Å². The summed E-state index contributed by atoms with van der Waals surface area (Å²) < 4.78 is 2.14. The third kappa shape index (κ3) is 0.661. The second-order valence-corrected chi connectivity index (χ2v) is 2.16. The van der Waals surface area contributed by atoms with Gasteiger partial charge in [0.2, 0.25) is 6.17 Å². The van der Waals surface area contributed by atoms with Crippen LogP contribution < -0.4 is 0 Å². The minimum Gasteiger partial charge on any atom is -0.219 e. The van der Waals surface area contributed by atoms with Crippen molar-refractivity contribution in [2.45, 2.75) is 20.0 Å². The third-order valence-corrected chi connectivity index (χ3v) is 1.59. The Balaban J connectivity index is 2.85. The van der Waals surface area contributed by atoms with Gasteiger partial charge in [-0.1, -0.05) is 0 Å². The van der Waals surface area contributed by atoms with Gasteiger partial charge in [-0.2, -0.15) is 0 Å². The molecule has 2 heteroatoms. The van der Waals surface area contributed by atoms with Gasteiger partial charge in [-0.3, -0.25) is 0 Å². The van der Waals surface area contributed by atoms with E-state index in [0.717, 1.165) is 0 Å². The first kappa shape index (κ1) is 5.48. The van der Waals surface area contributed by atoms with E-state index < -0.39 is 0 Å². The van der Waals surface area contributed by atoms with Crippen molar-refractivity contribution in [3.05, 3.63) is 0 Å². The molecule has 0 aromatic heterocycles. The normalized spacial score (nSPS) is 27.6. The molecule has 1 atom stereocenters. The van der Waals surface area contributed by atoms with Gasteiger partial charge in [-0.25, -0.2) is 9.57 Å². The molecule has 8 heavy (non-hydrogen) atoms. The lowest BCUT2D eigenvalue weighted by Gasteiger charge is -1.93. The van der Waals surface area contributed by atoms with Crippen molar-refractivity contribution in [2.75, 3.05) is 7.05 Å². The number of hydrogen-bond acceptors (Lipinski definition) is 1. The van der Waals surface area contributed by atoms with Crippen LogP contribution in [-0.2, 0) is 0 Å². The van der Waals surface area contributed by atoms with Gasteiger partial charge in [0.15, 0.2) is 5.71 Å². The molecule has 0 spiro atoms. The van der Waals surface area contributed by atoms with Gasteiger partial charge in [0, 0.05) is 13.8 Å². The van der Waals surface area contributed by atoms with Crippen LogP contribution in [-0.4, -0.2) is 29.7 Å². The smallest absolute Gasteiger partial charge is 0.219 e. The molecule has 0 aliphatic carbocycles. The molecule has 44 valence electrons. The number of rotatable bonds is 0. The fourth-order valence-electron chi connectivity index (χ4n) is 0.702. The zero-order chi connectivity index (χ0) is 6.15. The second-order valence-electron chi connectivity index (χ2n) is 2.16. The monoisotopic (exact) mass is 111 g/mol. The Morgan fingerprint density at radius 3 is 2.50 bits per heavy atom. The van der Waals surface area contributed by atoms with Gasteiger partial charge in [-0.15, -0.1) is 0 Å². The molecule has 0 amide bonds. The maximum absolute atomic E-state index is 4.16. The molecule has 0 fully saturated rings. The third-order valence-electron chi connectivity index (χ3n) is 1.59. The summed E-state index contributed by atoms with van der Waals surface area (Å²) in [5.74, 6) is 0. The van der Waals surface area contributed by atoms with Gasteiger partial charge >= 0.3 is 0 Å². The highest BCUT2D eigenvalue weighted by molar-refractivity contribution is 6.27. The first-order valence-corrected chi connectivity index (χ1v) is 2.81. The molecule has 0 saturated heterocycles. The zero-order valence-corrected chi connectivity index (χ0v) is 5.55. The summed E-state index contributed by atoms with van der Waals surface area (Å²) in [7, 11) is 2.05. The molecule has 0 aromatic rings. The van der Waals surface area contributed by atoms with E-state index in [1.54, 1.807) is 0 Å². The van der Waals surface area contributed by atoms with Crippen LogP contribution in [0.1, 0.15) is 13.8 Å². The van der Waals surface area contributed by atoms with E-state index in [1.807, 2.05) is 13.3 Å². The van der Waals surface area contributed by atoms with Crippen LogP contribution in [0.15, 0.2) is 4.99 Å². The Labute approximate surface area is 49.6 Å². The lowest BCUT2D eigenvalue weighted by Crippen LogP contribution is -2.16. The lowest BCUT2D eigenvalue weighted by atomic mass is 10.5. The molecule has 0 radical (unpaired) electrons. The minimum atomic E-state index is 0.356. The summed E-state index contributed by atoms with van der Waals surface area (Å²) in [6, 6.07) is 0. The molecule has 0 aromatic carbocycles. The largest absolute Gasteiger partial charge is 0.242 e. The molecule has 1 aliphatic rings. The summed E-state index contributed by atoms with van der Waals surface area (Å²) in [5, 5.41) is 0. The standard InChI is InChI=1S/C6H11N2/c1-5-4-7-6(2)8(5)3/h4,6H,1-3H3/q+1. The van der Waals surface area contributed by atoms with Crippen molar-refractivity contribution in [2.24, 2.45) is 4.99 Å². The Hall–Kier alpha value is -0.660. The number of nitrogens with zero attached hydrogens (tertiary/aromatic N) is 2. The van der Waals surface area contributed by atoms with Crippen molar-refractivity contribution in [3.63, 3.8) is 0 Å². The molecular formula is C6H11N2+. The quantitative estimate of drug-likeness (QED) is 0.405. The van der Waals surface area contributed by atoms with Crippen LogP contribution in [0.2, 0.25) is 0 Å². The molecule has 1 unspecified atom stereocenters. The second kappa shape index (κ2) is 1.69. The zero-order valence-electron chi connectivity index (χ0n) is 5.55. The van der Waals surface area contributed by atoms with E-state index in [4.69, 9.17) is 0 Å². The van der Waals surface area contributed by atoms with Gasteiger partial charge in [0.05, 0.1) is 6.21 Å². The summed E-state index contributed by atoms with van der Waals surface area (Å²) in [6.45, 7) is 4.14. The van der Waals surface area contributed by atoms with Crippen molar-refractivity contribution >= 4 is 11.9 Å². The first-order chi connectivity index (χ1) is 3.72. The highest BCUT2D eigenvalue weighted by Crippen LogP contribution is 1.95. The highest BCUT2D eigenvalue weighted by atomic mass is 15.2. The average Bonchev–Trinajstić information content (AvgIpc) is 1.98. The fourth-order valence-corrected chi connectivity index (χ4v) is 0.702. The van der Waals surface area contributed by atoms with Gasteiger partial charge in [0.25, 0.3) is 0 Å². The number of aliphatic imine (C=N–C) groups is 1. The van der Waals surface area contributed by atoms with Crippen LogP contribution in [0.25, 0.3) is 0 Å². The Morgan fingerprint density at radius 1 is 1.75 bits per heavy atom. The van der Waals surface area contributed by atoms with Crippen molar-refractivity contribution in [1.29, 1.82) is 0 Å². The SMILES string of the molecule is CC1=[N+](C)C(C)N=C1. The van der Waals surface area contributed by atoms with E-state index in [2.05, 4.69) is 23.4 Å². The summed E-state index contributed by atoms with van der Waals surface area (Å²) in [6.07, 6.45) is 2.26. The molecule has 0 saturated carbocycles. The van der Waals surface area contributed by atoms with Crippen LogP contribution in [0.3, 0.4) is 0 Å². The molecular weight excluding hydrogens is 100 g/mol. The van der Waals surface area contributed by atoms with E-state index in [9.17, 15) is 0 Å². The van der Waals surface area contributed by atoms with E-state index in [-0.39, 0.29) is 0 Å². The van der Waals surface area contributed by atoms with Crippen LogP contribution in [0.5, 0.6) is 0 Å². The molecule has 0 bridgehead atoms. The molecule has 1 aliphatic heterocycles. The van der Waals surface area contributed by atoms with Gasteiger partial charge < -0.3 is 0 Å². The van der Waals surface area contributed by atoms with Gasteiger partial charge in [-0.05, 0) is 0 Å². The molecule has 2 nitrogen and oxygen atoms in total. The predicted molar refractivity (Wildman–Crippen MR) is 34.8 cm³/mol. The fraction of sp³-hybridized carbons (Fsp3) is 0.667. The highest BCUT2D eigenvalue weighted by Gasteiger charge is 2.15. The molecule has 1 rings (SSSR count). The Kier molecular flexibility index (Phi) is 1.16. The lowest BCUT2D eigenvalue weighted by molar-refractivity contribution is -0.526. The number of hydrogen-bond donors (Lipinski definition) is 0. The first-order valence-electron chi connectivity index (χ1n) is 2.81. The van der Waals surface area contributed by atoms with Gasteiger partial charge in [0.1, 0.15) is 7.05 Å². The average molecular weight is 111 g/mol. The Bertz CT molecular complexity index is 156. The maximum atomic E-state index is 4.16. The summed E-state index contributed by atoms with van der Waals surface area (Å²) in [5.41, 5.74) is 1.25. The summed E-state index contributed by atoms with van der Waals surface area (Å²) in [4.78, 5) is 4.16. The van der Waals surface area contributed by atoms with Crippen molar-refractivity contribution in [3.8, 4) is 0 Å². The van der Waals surface area contributed by atoms with E-state index in [0.29, 0.717) is 6.17 Å². The molecule has 0 N–H and O–H groups in total. The predicted octanol–water partition coefficient (Wildman–Crippen LogP) is 0.520. The van der Waals surface area contributed by atoms with Crippen molar-refractivity contribution < 1.29 is 4.58 Å². The van der Waals surface area contributed by atoms with E-state index >= 15 is 0 Å². The maximum Gasteiger partial charge on any atom is 0.242 e.